The summed E-state index contributed by atoms with van der Waals surface area (Å²) in [4.78, 5) is 0. The van der Waals surface area contributed by atoms with Gasteiger partial charge in [0, 0.05) is 0 Å². The van der Waals surface area contributed by atoms with Gasteiger partial charge in [-0.2, -0.15) is 0 Å². The van der Waals surface area contributed by atoms with E-state index < -0.39 is 10.8 Å². The van der Waals surface area contributed by atoms with Crippen LogP contribution in [0.25, 0.3) is 22.3 Å². The van der Waals surface area contributed by atoms with Crippen LogP contribution in [0.15, 0.2) is 182 Å². The van der Waals surface area contributed by atoms with E-state index in [-0.39, 0.29) is 0 Å². The van der Waals surface area contributed by atoms with E-state index in [9.17, 15) is 0 Å². The fraction of sp³-hybridized carbons (Fsp3) is 0.137. The Morgan fingerprint density at radius 1 is 0.627 bits per heavy atom. The van der Waals surface area contributed by atoms with Crippen molar-refractivity contribution in [2.45, 2.75) is 44.9 Å². The van der Waals surface area contributed by atoms with E-state index in [2.05, 4.69) is 193 Å². The SMILES string of the molecule is C=CC=C(C)C1(C(=C)C=CC)c2ccccc2-c2cc(Cc3ccc(C4(c5ccc(C)cc5)c5ccccc5-c5c(C)cccc54)cc3)ccc21. The molecular weight excluding hydrogens is 613 g/mol. The van der Waals surface area contributed by atoms with Gasteiger partial charge in [-0.3, -0.25) is 0 Å². The molecule has 0 aliphatic heterocycles. The van der Waals surface area contributed by atoms with Crippen molar-refractivity contribution in [1.29, 1.82) is 0 Å². The molecule has 0 amide bonds. The molecule has 0 nitrogen and oxygen atoms in total. The first-order valence-corrected chi connectivity index (χ1v) is 18.1. The van der Waals surface area contributed by atoms with Gasteiger partial charge in [0.2, 0.25) is 0 Å². The van der Waals surface area contributed by atoms with Gasteiger partial charge in [-0.05, 0) is 112 Å². The summed E-state index contributed by atoms with van der Waals surface area (Å²) in [6.45, 7) is 17.4. The summed E-state index contributed by atoms with van der Waals surface area (Å²) >= 11 is 0. The van der Waals surface area contributed by atoms with Gasteiger partial charge >= 0.3 is 0 Å². The zero-order chi connectivity index (χ0) is 35.3. The van der Waals surface area contributed by atoms with Gasteiger partial charge in [-0.25, -0.2) is 0 Å². The zero-order valence-corrected chi connectivity index (χ0v) is 30.1. The quantitative estimate of drug-likeness (QED) is 0.143. The smallest absolute Gasteiger partial charge is 0.0713 e. The van der Waals surface area contributed by atoms with E-state index in [1.54, 1.807) is 0 Å². The van der Waals surface area contributed by atoms with Crippen molar-refractivity contribution in [1.82, 2.24) is 0 Å². The van der Waals surface area contributed by atoms with Crippen molar-refractivity contribution in [3.8, 4) is 22.3 Å². The van der Waals surface area contributed by atoms with Gasteiger partial charge in [-0.15, -0.1) is 0 Å². The number of aryl methyl sites for hydroxylation is 2. The molecule has 0 saturated heterocycles. The van der Waals surface area contributed by atoms with E-state index in [1.165, 1.54) is 83.5 Å². The molecular formula is C51H44. The zero-order valence-electron chi connectivity index (χ0n) is 30.1. The van der Waals surface area contributed by atoms with Crippen molar-refractivity contribution < 1.29 is 0 Å². The fourth-order valence-electron chi connectivity index (χ4n) is 9.30. The largest absolute Gasteiger partial charge is 0.0991 e. The van der Waals surface area contributed by atoms with Gasteiger partial charge < -0.3 is 0 Å². The Morgan fingerprint density at radius 2 is 1.24 bits per heavy atom. The van der Waals surface area contributed by atoms with Crippen molar-refractivity contribution >= 4 is 0 Å². The summed E-state index contributed by atoms with van der Waals surface area (Å²) in [7, 11) is 0. The first-order chi connectivity index (χ1) is 24.8. The lowest BCUT2D eigenvalue weighted by Crippen LogP contribution is -2.28. The van der Waals surface area contributed by atoms with Gasteiger partial charge in [0.05, 0.1) is 10.8 Å². The highest BCUT2D eigenvalue weighted by Crippen LogP contribution is 2.58. The van der Waals surface area contributed by atoms with Gasteiger partial charge in [0.25, 0.3) is 0 Å². The third kappa shape index (κ3) is 4.74. The van der Waals surface area contributed by atoms with Crippen molar-refractivity contribution in [3.05, 3.63) is 238 Å². The molecule has 8 rings (SSSR count). The molecule has 2 aliphatic rings. The minimum Gasteiger partial charge on any atom is -0.0991 e. The lowest BCUT2D eigenvalue weighted by atomic mass is 9.67. The summed E-state index contributed by atoms with van der Waals surface area (Å²) in [5, 5.41) is 0. The first-order valence-electron chi connectivity index (χ1n) is 18.1. The Morgan fingerprint density at radius 3 is 1.94 bits per heavy atom. The molecule has 2 atom stereocenters. The van der Waals surface area contributed by atoms with Crippen LogP contribution in [0.2, 0.25) is 0 Å². The monoisotopic (exact) mass is 656 g/mol. The van der Waals surface area contributed by atoms with Gasteiger partial charge in [-0.1, -0.05) is 182 Å². The standard InChI is InChI=1S/C51H44/c1-7-14-36(5)50(37(6)15-8-2)45-19-11-9-17-42(45)44-33-39(26-31-47(44)50)32-38-24-29-41(30-25-38)51(40-27-22-34(3)23-28-40)46-20-12-10-18-43(46)49-35(4)16-13-21-48(49)51/h7-31,33H,1,6,32H2,2-5H3. The molecule has 2 unspecified atom stereocenters. The summed E-state index contributed by atoms with van der Waals surface area (Å²) in [6, 6.07) is 50.3. The number of hydrogen-bond acceptors (Lipinski definition) is 0. The maximum absolute atomic E-state index is 4.63. The van der Waals surface area contributed by atoms with Crippen LogP contribution >= 0.6 is 0 Å². The first kappa shape index (κ1) is 32.5. The summed E-state index contributed by atoms with van der Waals surface area (Å²) < 4.78 is 0. The van der Waals surface area contributed by atoms with E-state index in [4.69, 9.17) is 0 Å². The van der Waals surface area contributed by atoms with E-state index in [1.807, 2.05) is 6.08 Å². The average molecular weight is 657 g/mol. The third-order valence-corrected chi connectivity index (χ3v) is 11.5. The molecule has 0 radical (unpaired) electrons. The Balaban J connectivity index is 1.23. The highest BCUT2D eigenvalue weighted by Gasteiger charge is 2.47. The molecule has 0 bridgehead atoms. The van der Waals surface area contributed by atoms with Crippen LogP contribution < -0.4 is 0 Å². The Labute approximate surface area is 303 Å². The molecule has 6 aromatic rings. The molecule has 2 aliphatic carbocycles. The van der Waals surface area contributed by atoms with Crippen LogP contribution in [0, 0.1) is 13.8 Å². The van der Waals surface area contributed by atoms with E-state index >= 15 is 0 Å². The summed E-state index contributed by atoms with van der Waals surface area (Å²) in [6.07, 6.45) is 9.14. The van der Waals surface area contributed by atoms with Crippen LogP contribution in [-0.4, -0.2) is 0 Å². The molecule has 6 aromatic carbocycles. The Bertz CT molecular complexity index is 2400. The number of fused-ring (bicyclic) bond motifs is 6. The molecule has 0 heterocycles. The van der Waals surface area contributed by atoms with Crippen molar-refractivity contribution in [3.63, 3.8) is 0 Å². The Kier molecular flexibility index (Phi) is 8.00. The van der Waals surface area contributed by atoms with Crippen LogP contribution in [-0.2, 0) is 17.3 Å². The fourth-order valence-corrected chi connectivity index (χ4v) is 9.30. The van der Waals surface area contributed by atoms with E-state index in [0.717, 1.165) is 12.0 Å². The van der Waals surface area contributed by atoms with Crippen molar-refractivity contribution in [2.24, 2.45) is 0 Å². The lowest BCUT2D eigenvalue weighted by molar-refractivity contribution is 0.747. The van der Waals surface area contributed by atoms with Gasteiger partial charge in [0.1, 0.15) is 0 Å². The van der Waals surface area contributed by atoms with Crippen molar-refractivity contribution in [2.75, 3.05) is 0 Å². The predicted molar refractivity (Wildman–Crippen MR) is 217 cm³/mol. The lowest BCUT2D eigenvalue weighted by Gasteiger charge is -2.34. The number of rotatable bonds is 8. The average Bonchev–Trinajstić information content (AvgIpc) is 3.62. The molecule has 0 heteroatoms. The maximum Gasteiger partial charge on any atom is 0.0713 e. The molecule has 51 heavy (non-hydrogen) atoms. The number of allylic oxidation sites excluding steroid dienone is 6. The topological polar surface area (TPSA) is 0 Å². The molecule has 0 saturated carbocycles. The van der Waals surface area contributed by atoms with Crippen LogP contribution in [0.1, 0.15) is 69.5 Å². The van der Waals surface area contributed by atoms with E-state index in [0.29, 0.717) is 0 Å². The molecule has 0 spiro atoms. The third-order valence-electron chi connectivity index (χ3n) is 11.5. The Hall–Kier alpha value is -5.72. The van der Waals surface area contributed by atoms with Gasteiger partial charge in [0.15, 0.2) is 0 Å². The van der Waals surface area contributed by atoms with Crippen LogP contribution in [0.3, 0.4) is 0 Å². The summed E-state index contributed by atoms with van der Waals surface area (Å²) in [5.41, 5.74) is 19.8. The second kappa shape index (κ2) is 12.6. The minimum absolute atomic E-state index is 0.392. The molecule has 0 aromatic heterocycles. The molecule has 0 N–H and O–H groups in total. The predicted octanol–water partition coefficient (Wildman–Crippen LogP) is 12.8. The molecule has 248 valence electrons. The highest BCUT2D eigenvalue weighted by molar-refractivity contribution is 5.89. The minimum atomic E-state index is -0.427. The maximum atomic E-state index is 4.63. The van der Waals surface area contributed by atoms with Crippen LogP contribution in [0.5, 0.6) is 0 Å². The van der Waals surface area contributed by atoms with Crippen LogP contribution in [0.4, 0.5) is 0 Å². The number of benzene rings is 6. The second-order valence-electron chi connectivity index (χ2n) is 14.3. The highest BCUT2D eigenvalue weighted by atomic mass is 14.5. The molecule has 0 fully saturated rings. The number of hydrogen-bond donors (Lipinski definition) is 0. The summed E-state index contributed by atoms with van der Waals surface area (Å²) in [5.74, 6) is 0. The second-order valence-corrected chi connectivity index (χ2v) is 14.3. The normalized spacial score (nSPS) is 18.6.